The van der Waals surface area contributed by atoms with E-state index in [1.807, 2.05) is 0 Å². The van der Waals surface area contributed by atoms with Crippen molar-refractivity contribution in [3.05, 3.63) is 27.2 Å². The second-order valence-corrected chi connectivity index (χ2v) is 4.87. The average molecular weight is 229 g/mol. The van der Waals surface area contributed by atoms with Crippen LogP contribution in [-0.4, -0.2) is 10.2 Å². The van der Waals surface area contributed by atoms with Gasteiger partial charge in [0.05, 0.1) is 0 Å². The summed E-state index contributed by atoms with van der Waals surface area (Å²) in [6.07, 6.45) is 0. The minimum atomic E-state index is 1.14. The fourth-order valence-electron chi connectivity index (χ4n) is 1.25. The van der Waals surface area contributed by atoms with Gasteiger partial charge in [-0.05, 0) is 31.9 Å². The van der Waals surface area contributed by atoms with Crippen LogP contribution in [0.2, 0.25) is 0 Å². The zero-order valence-electron chi connectivity index (χ0n) is 7.46. The first kappa shape index (κ1) is 9.01. The van der Waals surface area contributed by atoms with E-state index >= 15 is 0 Å². The Bertz CT molecular complexity index is 266. The molecule has 0 unspecified atom stereocenters. The van der Waals surface area contributed by atoms with Crippen LogP contribution in [0.25, 0.3) is 0 Å². The molecule has 1 aromatic rings. The summed E-state index contributed by atoms with van der Waals surface area (Å²) in [5.74, 6) is 0. The molecule has 60 valence electrons. The normalized spacial score (nSPS) is 10.5. The molecule has 0 spiro atoms. The Labute approximate surface area is 79.6 Å². The summed E-state index contributed by atoms with van der Waals surface area (Å²) >= 11 is 3.59. The predicted octanol–water partition coefficient (Wildman–Crippen LogP) is 1.37. The van der Waals surface area contributed by atoms with Gasteiger partial charge in [0.2, 0.25) is 0 Å². The molecule has 0 saturated heterocycles. The Morgan fingerprint density at radius 2 is 1.73 bits per heavy atom. The molecular weight excluding hydrogens is 216 g/mol. The monoisotopic (exact) mass is 228 g/mol. The maximum atomic E-state index is 3.59. The van der Waals surface area contributed by atoms with E-state index in [1.165, 1.54) is 26.3 Å². The molecule has 0 heterocycles. The highest BCUT2D eigenvalue weighted by Gasteiger charge is 2.03. The topological polar surface area (TPSA) is 0 Å². The fraction of sp³-hybridized carbons (Fsp3) is 0.333. The summed E-state index contributed by atoms with van der Waals surface area (Å²) in [5.41, 5.74) is 4.21. The lowest BCUT2D eigenvalue weighted by molar-refractivity contribution is 1.32. The molecule has 1 aromatic carbocycles. The van der Waals surface area contributed by atoms with Crippen molar-refractivity contribution < 1.29 is 0 Å². The first-order valence-corrected chi connectivity index (χ1v) is 5.56. The molecule has 11 heavy (non-hydrogen) atoms. The first-order chi connectivity index (χ1) is 5.04. The third-order valence-corrected chi connectivity index (χ3v) is 5.02. The summed E-state index contributed by atoms with van der Waals surface area (Å²) in [4.78, 5) is 0. The maximum Gasteiger partial charge on any atom is 0.0392 e. The van der Waals surface area contributed by atoms with Crippen molar-refractivity contribution >= 4 is 31.4 Å². The third-order valence-electron chi connectivity index (χ3n) is 2.26. The average Bonchev–Trinajstić information content (AvgIpc) is 1.97. The zero-order chi connectivity index (χ0) is 8.59. The first-order valence-electron chi connectivity index (χ1n) is 3.77. The van der Waals surface area contributed by atoms with Crippen molar-refractivity contribution in [1.29, 1.82) is 0 Å². The van der Waals surface area contributed by atoms with E-state index < -0.39 is 0 Å². The molecular formula is C9H13BrSi. The van der Waals surface area contributed by atoms with Gasteiger partial charge in [-0.25, -0.2) is 0 Å². The smallest absolute Gasteiger partial charge is 0.0392 e. The summed E-state index contributed by atoms with van der Waals surface area (Å²) in [7, 11) is 1.14. The summed E-state index contributed by atoms with van der Waals surface area (Å²) in [6.45, 7) is 6.52. The SMILES string of the molecule is Cc1cc(C)c(Br)c(C)c1[SiH3]. The van der Waals surface area contributed by atoms with Crippen LogP contribution in [0.15, 0.2) is 10.5 Å². The van der Waals surface area contributed by atoms with Gasteiger partial charge in [0.25, 0.3) is 0 Å². The standard InChI is InChI=1S/C9H13BrSi/c1-5-4-6(2)9(11)7(3)8(5)10/h4H,1-3,11H3. The molecule has 0 bridgehead atoms. The van der Waals surface area contributed by atoms with Crippen molar-refractivity contribution in [2.75, 3.05) is 0 Å². The van der Waals surface area contributed by atoms with Gasteiger partial charge in [-0.1, -0.05) is 32.7 Å². The Balaban J connectivity index is 3.46. The van der Waals surface area contributed by atoms with Gasteiger partial charge >= 0.3 is 0 Å². The highest BCUT2D eigenvalue weighted by molar-refractivity contribution is 9.10. The van der Waals surface area contributed by atoms with Gasteiger partial charge < -0.3 is 0 Å². The van der Waals surface area contributed by atoms with E-state index in [-0.39, 0.29) is 0 Å². The number of halogens is 1. The Hall–Kier alpha value is -0.0831. The number of hydrogen-bond donors (Lipinski definition) is 0. The molecule has 1 rings (SSSR count). The lowest BCUT2D eigenvalue weighted by Crippen LogP contribution is -2.12. The lowest BCUT2D eigenvalue weighted by atomic mass is 10.1. The minimum Gasteiger partial charge on any atom is -0.0639 e. The fourth-order valence-corrected chi connectivity index (χ4v) is 2.42. The summed E-state index contributed by atoms with van der Waals surface area (Å²) in [5, 5.41) is 1.53. The van der Waals surface area contributed by atoms with E-state index in [1.54, 1.807) is 0 Å². The van der Waals surface area contributed by atoms with Crippen LogP contribution in [0.3, 0.4) is 0 Å². The number of aryl methyl sites for hydroxylation is 2. The molecule has 0 radical (unpaired) electrons. The van der Waals surface area contributed by atoms with Gasteiger partial charge in [-0.2, -0.15) is 0 Å². The minimum absolute atomic E-state index is 1.14. The second kappa shape index (κ2) is 3.11. The third kappa shape index (κ3) is 1.57. The number of rotatable bonds is 0. The van der Waals surface area contributed by atoms with E-state index in [4.69, 9.17) is 0 Å². The molecule has 0 saturated carbocycles. The molecule has 0 nitrogen and oxygen atoms in total. The predicted molar refractivity (Wildman–Crippen MR) is 57.9 cm³/mol. The lowest BCUT2D eigenvalue weighted by Gasteiger charge is -2.09. The van der Waals surface area contributed by atoms with Crippen LogP contribution in [0.5, 0.6) is 0 Å². The van der Waals surface area contributed by atoms with E-state index in [2.05, 4.69) is 42.8 Å². The van der Waals surface area contributed by atoms with Crippen LogP contribution >= 0.6 is 15.9 Å². The maximum absolute atomic E-state index is 3.59. The quantitative estimate of drug-likeness (QED) is 0.589. The van der Waals surface area contributed by atoms with E-state index in [0.717, 1.165) is 10.2 Å². The molecule has 0 atom stereocenters. The number of benzene rings is 1. The molecule has 2 heteroatoms. The summed E-state index contributed by atoms with van der Waals surface area (Å²) < 4.78 is 1.29. The van der Waals surface area contributed by atoms with Gasteiger partial charge in [-0.3, -0.25) is 0 Å². The van der Waals surface area contributed by atoms with Crippen LogP contribution in [0, 0.1) is 20.8 Å². The summed E-state index contributed by atoms with van der Waals surface area (Å²) in [6, 6.07) is 2.25. The Morgan fingerprint density at radius 1 is 1.18 bits per heavy atom. The van der Waals surface area contributed by atoms with Crippen molar-refractivity contribution in [1.82, 2.24) is 0 Å². The number of hydrogen-bond acceptors (Lipinski definition) is 0. The van der Waals surface area contributed by atoms with Crippen LogP contribution in [0.1, 0.15) is 16.7 Å². The molecule has 0 aliphatic rings. The highest BCUT2D eigenvalue weighted by Crippen LogP contribution is 2.19. The molecule has 0 aliphatic carbocycles. The van der Waals surface area contributed by atoms with E-state index in [0.29, 0.717) is 0 Å². The zero-order valence-corrected chi connectivity index (χ0v) is 11.0. The van der Waals surface area contributed by atoms with Crippen LogP contribution in [-0.2, 0) is 0 Å². The molecule has 0 aliphatic heterocycles. The van der Waals surface area contributed by atoms with Crippen molar-refractivity contribution in [2.45, 2.75) is 20.8 Å². The van der Waals surface area contributed by atoms with Crippen molar-refractivity contribution in [3.63, 3.8) is 0 Å². The van der Waals surface area contributed by atoms with Gasteiger partial charge in [0.1, 0.15) is 0 Å². The molecule has 0 amide bonds. The van der Waals surface area contributed by atoms with Crippen LogP contribution < -0.4 is 5.19 Å². The van der Waals surface area contributed by atoms with Crippen molar-refractivity contribution in [2.24, 2.45) is 0 Å². The van der Waals surface area contributed by atoms with Gasteiger partial charge in [-0.15, -0.1) is 0 Å². The highest BCUT2D eigenvalue weighted by atomic mass is 79.9. The van der Waals surface area contributed by atoms with Crippen LogP contribution in [0.4, 0.5) is 0 Å². The second-order valence-electron chi connectivity index (χ2n) is 3.07. The Kier molecular flexibility index (Phi) is 2.55. The largest absolute Gasteiger partial charge is 0.0639 e. The molecule has 0 aromatic heterocycles. The van der Waals surface area contributed by atoms with E-state index in [9.17, 15) is 0 Å². The Morgan fingerprint density at radius 3 is 2.27 bits per heavy atom. The molecule has 0 N–H and O–H groups in total. The van der Waals surface area contributed by atoms with Crippen molar-refractivity contribution in [3.8, 4) is 0 Å². The van der Waals surface area contributed by atoms with Gasteiger partial charge in [0.15, 0.2) is 0 Å². The van der Waals surface area contributed by atoms with Gasteiger partial charge in [0, 0.05) is 14.7 Å². The molecule has 0 fully saturated rings.